The number of unbranched alkanes of at least 4 members (excludes halogenated alkanes) is 4. The number of aliphatic hydroxyl groups is 1. The summed E-state index contributed by atoms with van der Waals surface area (Å²) in [4.78, 5) is 24.5. The number of allylic oxidation sites excluding steroid dienone is 2. The second-order valence-corrected chi connectivity index (χ2v) is 7.19. The van der Waals surface area contributed by atoms with Gasteiger partial charge in [0, 0.05) is 25.0 Å². The van der Waals surface area contributed by atoms with Crippen molar-refractivity contribution in [2.24, 2.45) is 0 Å². The molecule has 0 aliphatic rings. The number of likely N-dealkylation sites (N-methyl/N-ethyl adjacent to an activating group) is 1. The molecule has 1 amide bonds. The third kappa shape index (κ3) is 9.09. The van der Waals surface area contributed by atoms with Crippen LogP contribution in [0.25, 0.3) is 0 Å². The third-order valence-corrected chi connectivity index (χ3v) is 4.69. The standard InChI is InChI=1S/C24H34N2O4/c1-4-6-7-8-9-13-20-14-15-21(25-23(28)24(29)30)17-22(20)26(3)18-19(11-5-2)12-10-16-27/h5,10-12,14-15,17,27H,2,4,6-9,13,16,18H2,1,3H3,(H,25,28)(H,29,30)/b12-10-,19-11+. The van der Waals surface area contributed by atoms with Gasteiger partial charge in [-0.1, -0.05) is 69.6 Å². The van der Waals surface area contributed by atoms with Crippen molar-refractivity contribution in [3.8, 4) is 0 Å². The Morgan fingerprint density at radius 3 is 2.57 bits per heavy atom. The van der Waals surface area contributed by atoms with Crippen molar-refractivity contribution >= 4 is 23.3 Å². The fraction of sp³-hybridized carbons (Fsp3) is 0.417. The van der Waals surface area contributed by atoms with Crippen LogP contribution in [0.2, 0.25) is 0 Å². The second kappa shape index (κ2) is 14.2. The van der Waals surface area contributed by atoms with Crippen LogP contribution < -0.4 is 10.2 Å². The summed E-state index contributed by atoms with van der Waals surface area (Å²) in [7, 11) is 1.95. The number of aliphatic carboxylic acids is 1. The topological polar surface area (TPSA) is 89.9 Å². The van der Waals surface area contributed by atoms with E-state index in [-0.39, 0.29) is 6.61 Å². The van der Waals surface area contributed by atoms with Gasteiger partial charge in [-0.15, -0.1) is 0 Å². The molecular formula is C24H34N2O4. The molecule has 1 rings (SSSR count). The number of aryl methyl sites for hydroxylation is 1. The minimum Gasteiger partial charge on any atom is -0.474 e. The quantitative estimate of drug-likeness (QED) is 0.254. The van der Waals surface area contributed by atoms with E-state index in [1.165, 1.54) is 19.3 Å². The van der Waals surface area contributed by atoms with Crippen LogP contribution in [-0.2, 0) is 16.0 Å². The van der Waals surface area contributed by atoms with Crippen molar-refractivity contribution in [3.05, 3.63) is 60.2 Å². The van der Waals surface area contributed by atoms with Crippen LogP contribution in [0.3, 0.4) is 0 Å². The van der Waals surface area contributed by atoms with Gasteiger partial charge in [0.2, 0.25) is 0 Å². The van der Waals surface area contributed by atoms with Crippen LogP contribution >= 0.6 is 0 Å². The van der Waals surface area contributed by atoms with Gasteiger partial charge in [0.1, 0.15) is 0 Å². The Kier molecular flexibility index (Phi) is 11.9. The Balaban J connectivity index is 3.08. The number of benzene rings is 1. The van der Waals surface area contributed by atoms with Crippen LogP contribution in [-0.4, -0.2) is 42.3 Å². The molecule has 0 aliphatic heterocycles. The van der Waals surface area contributed by atoms with E-state index in [1.54, 1.807) is 18.2 Å². The third-order valence-electron chi connectivity index (χ3n) is 4.69. The van der Waals surface area contributed by atoms with E-state index in [0.29, 0.717) is 12.2 Å². The largest absolute Gasteiger partial charge is 0.474 e. The van der Waals surface area contributed by atoms with Crippen LogP contribution in [0, 0.1) is 0 Å². The van der Waals surface area contributed by atoms with E-state index in [4.69, 9.17) is 10.2 Å². The van der Waals surface area contributed by atoms with E-state index in [0.717, 1.165) is 36.1 Å². The van der Waals surface area contributed by atoms with E-state index in [9.17, 15) is 9.59 Å². The highest BCUT2D eigenvalue weighted by atomic mass is 16.4. The minimum absolute atomic E-state index is 0.0437. The maximum absolute atomic E-state index is 11.6. The highest BCUT2D eigenvalue weighted by molar-refractivity contribution is 6.36. The van der Waals surface area contributed by atoms with Crippen LogP contribution in [0.5, 0.6) is 0 Å². The van der Waals surface area contributed by atoms with E-state index in [2.05, 4.69) is 23.7 Å². The highest BCUT2D eigenvalue weighted by Crippen LogP contribution is 2.27. The summed E-state index contributed by atoms with van der Waals surface area (Å²) in [5.41, 5.74) is 3.49. The van der Waals surface area contributed by atoms with Crippen molar-refractivity contribution < 1.29 is 19.8 Å². The monoisotopic (exact) mass is 414 g/mol. The van der Waals surface area contributed by atoms with Crippen LogP contribution in [0.4, 0.5) is 11.4 Å². The molecule has 0 atom stereocenters. The zero-order valence-corrected chi connectivity index (χ0v) is 18.1. The van der Waals surface area contributed by atoms with Crippen molar-refractivity contribution in [1.82, 2.24) is 0 Å². The molecule has 0 spiro atoms. The van der Waals surface area contributed by atoms with Gasteiger partial charge < -0.3 is 20.4 Å². The van der Waals surface area contributed by atoms with Gasteiger partial charge in [-0.25, -0.2) is 4.79 Å². The average molecular weight is 415 g/mol. The molecule has 1 aromatic carbocycles. The molecule has 164 valence electrons. The summed E-state index contributed by atoms with van der Waals surface area (Å²) < 4.78 is 0. The molecule has 3 N–H and O–H groups in total. The van der Waals surface area contributed by atoms with Gasteiger partial charge in [-0.05, 0) is 36.1 Å². The lowest BCUT2D eigenvalue weighted by Gasteiger charge is -2.24. The van der Waals surface area contributed by atoms with Gasteiger partial charge in [0.05, 0.1) is 6.61 Å². The first-order valence-electron chi connectivity index (χ1n) is 10.4. The molecule has 0 radical (unpaired) electrons. The predicted molar refractivity (Wildman–Crippen MR) is 123 cm³/mol. The first-order valence-corrected chi connectivity index (χ1v) is 10.4. The van der Waals surface area contributed by atoms with Gasteiger partial charge in [-0.3, -0.25) is 4.79 Å². The molecule has 1 aromatic rings. The molecule has 0 bridgehead atoms. The first-order chi connectivity index (χ1) is 14.4. The number of carbonyl (C=O) groups is 2. The molecule has 0 heterocycles. The average Bonchev–Trinajstić information content (AvgIpc) is 2.72. The lowest BCUT2D eigenvalue weighted by atomic mass is 10.0. The van der Waals surface area contributed by atoms with Gasteiger partial charge in [0.15, 0.2) is 0 Å². The number of carboxylic acid groups (broad SMARTS) is 1. The Bertz CT molecular complexity index is 768. The zero-order chi connectivity index (χ0) is 22.4. The fourth-order valence-corrected chi connectivity index (χ4v) is 3.19. The van der Waals surface area contributed by atoms with Crippen molar-refractivity contribution in [3.63, 3.8) is 0 Å². The number of carbonyl (C=O) groups excluding carboxylic acids is 1. The number of carboxylic acids is 1. The number of nitrogens with one attached hydrogen (secondary N) is 1. The van der Waals surface area contributed by atoms with Crippen LogP contribution in [0.1, 0.15) is 44.6 Å². The Morgan fingerprint density at radius 1 is 1.20 bits per heavy atom. The van der Waals surface area contributed by atoms with E-state index in [1.807, 2.05) is 31.3 Å². The lowest BCUT2D eigenvalue weighted by Crippen LogP contribution is -2.23. The van der Waals surface area contributed by atoms with Crippen molar-refractivity contribution in [2.75, 3.05) is 30.4 Å². The number of rotatable bonds is 13. The summed E-state index contributed by atoms with van der Waals surface area (Å²) in [6, 6.07) is 5.50. The Morgan fingerprint density at radius 2 is 1.93 bits per heavy atom. The molecule has 30 heavy (non-hydrogen) atoms. The number of anilines is 2. The van der Waals surface area contributed by atoms with Crippen LogP contribution in [0.15, 0.2) is 54.7 Å². The predicted octanol–water partition coefficient (Wildman–Crippen LogP) is 4.32. The number of hydrogen-bond donors (Lipinski definition) is 3. The number of amides is 1. The van der Waals surface area contributed by atoms with Crippen molar-refractivity contribution in [2.45, 2.75) is 45.4 Å². The molecule has 0 saturated heterocycles. The molecule has 0 aromatic heterocycles. The van der Waals surface area contributed by atoms with E-state index >= 15 is 0 Å². The highest BCUT2D eigenvalue weighted by Gasteiger charge is 2.14. The molecular weight excluding hydrogens is 380 g/mol. The van der Waals surface area contributed by atoms with E-state index < -0.39 is 11.9 Å². The zero-order valence-electron chi connectivity index (χ0n) is 18.1. The molecule has 0 saturated carbocycles. The molecule has 0 aliphatic carbocycles. The van der Waals surface area contributed by atoms with Gasteiger partial charge >= 0.3 is 11.9 Å². The van der Waals surface area contributed by atoms with Gasteiger partial charge in [0.25, 0.3) is 0 Å². The lowest BCUT2D eigenvalue weighted by molar-refractivity contribution is -0.147. The second-order valence-electron chi connectivity index (χ2n) is 7.19. The fourth-order valence-electron chi connectivity index (χ4n) is 3.19. The molecule has 0 fully saturated rings. The molecule has 6 heteroatoms. The Labute approximate surface area is 179 Å². The molecule has 6 nitrogen and oxygen atoms in total. The summed E-state index contributed by atoms with van der Waals surface area (Å²) in [5, 5.41) is 20.3. The first kappa shape index (κ1) is 25.2. The number of hydrogen-bond acceptors (Lipinski definition) is 4. The normalized spacial score (nSPS) is 11.5. The summed E-state index contributed by atoms with van der Waals surface area (Å²) in [6.45, 7) is 6.46. The summed E-state index contributed by atoms with van der Waals surface area (Å²) in [5.74, 6) is -2.58. The minimum atomic E-state index is -1.52. The maximum atomic E-state index is 11.6. The van der Waals surface area contributed by atoms with Gasteiger partial charge in [-0.2, -0.15) is 0 Å². The Hall–Kier alpha value is -2.86. The maximum Gasteiger partial charge on any atom is 0.394 e. The van der Waals surface area contributed by atoms with Crippen molar-refractivity contribution in [1.29, 1.82) is 0 Å². The molecule has 0 unspecified atom stereocenters. The number of aliphatic hydroxyl groups excluding tert-OH is 1. The summed E-state index contributed by atoms with van der Waals surface area (Å²) in [6.07, 6.45) is 13.9. The number of nitrogens with zero attached hydrogens (tertiary/aromatic N) is 1. The SMILES string of the molecule is C=C/C=C(\C=C/CO)CN(C)c1cc(NC(=O)C(=O)O)ccc1CCCCCCC. The smallest absolute Gasteiger partial charge is 0.394 e. The summed E-state index contributed by atoms with van der Waals surface area (Å²) >= 11 is 0.